The molecule has 32 heavy (non-hydrogen) atoms. The van der Waals surface area contributed by atoms with Crippen molar-refractivity contribution in [1.29, 1.82) is 0 Å². The highest BCUT2D eigenvalue weighted by Gasteiger charge is 2.18. The van der Waals surface area contributed by atoms with Crippen molar-refractivity contribution >= 4 is 39.1 Å². The number of benzene rings is 3. The smallest absolute Gasteiger partial charge is 0.262 e. The van der Waals surface area contributed by atoms with Gasteiger partial charge in [-0.25, -0.2) is 8.42 Å². The van der Waals surface area contributed by atoms with Gasteiger partial charge in [0, 0.05) is 11.4 Å². The van der Waals surface area contributed by atoms with Crippen LogP contribution in [0.2, 0.25) is 0 Å². The van der Waals surface area contributed by atoms with E-state index in [1.54, 1.807) is 36.0 Å². The van der Waals surface area contributed by atoms with E-state index in [1.165, 1.54) is 19.2 Å². The van der Waals surface area contributed by atoms with Crippen LogP contribution >= 0.6 is 11.8 Å². The van der Waals surface area contributed by atoms with Gasteiger partial charge in [-0.3, -0.25) is 9.52 Å². The molecule has 6 nitrogen and oxygen atoms in total. The van der Waals surface area contributed by atoms with Gasteiger partial charge in [-0.05, 0) is 61.4 Å². The van der Waals surface area contributed by atoms with Crippen LogP contribution in [0, 0.1) is 6.92 Å². The van der Waals surface area contributed by atoms with Gasteiger partial charge in [-0.2, -0.15) is 0 Å². The molecule has 3 aromatic rings. The van der Waals surface area contributed by atoms with E-state index < -0.39 is 10.0 Å². The summed E-state index contributed by atoms with van der Waals surface area (Å²) in [7, 11) is -2.33. The van der Waals surface area contributed by atoms with Crippen molar-refractivity contribution in [3.63, 3.8) is 0 Å². The highest BCUT2D eigenvalue weighted by molar-refractivity contribution is 7.99. The lowest BCUT2D eigenvalue weighted by Gasteiger charge is -2.14. The van der Waals surface area contributed by atoms with Crippen molar-refractivity contribution in [2.45, 2.75) is 29.7 Å². The van der Waals surface area contributed by atoms with Crippen LogP contribution in [0.4, 0.5) is 11.4 Å². The molecule has 0 aliphatic carbocycles. The predicted octanol–water partition coefficient (Wildman–Crippen LogP) is 5.06. The minimum absolute atomic E-state index is 0.0885. The number of carbonyl (C=O) groups excluding carboxylic acids is 1. The predicted molar refractivity (Wildman–Crippen MR) is 131 cm³/mol. The van der Waals surface area contributed by atoms with Crippen molar-refractivity contribution in [2.24, 2.45) is 0 Å². The molecule has 8 heteroatoms. The number of carbonyl (C=O) groups is 1. The third-order valence-corrected chi connectivity index (χ3v) is 7.34. The monoisotopic (exact) mass is 470 g/mol. The van der Waals surface area contributed by atoms with E-state index >= 15 is 0 Å². The van der Waals surface area contributed by atoms with Gasteiger partial charge in [0.1, 0.15) is 5.75 Å². The molecule has 0 spiro atoms. The van der Waals surface area contributed by atoms with E-state index in [0.29, 0.717) is 17.1 Å². The van der Waals surface area contributed by atoms with E-state index in [0.717, 1.165) is 16.9 Å². The molecule has 0 heterocycles. The molecule has 0 saturated carbocycles. The van der Waals surface area contributed by atoms with Crippen molar-refractivity contribution in [3.05, 3.63) is 83.9 Å². The van der Waals surface area contributed by atoms with Crippen LogP contribution in [0.3, 0.4) is 0 Å². The van der Waals surface area contributed by atoms with E-state index in [1.807, 2.05) is 50.2 Å². The summed E-state index contributed by atoms with van der Waals surface area (Å²) in [6, 6.07) is 21.3. The zero-order chi connectivity index (χ0) is 23.1. The molecule has 0 bridgehead atoms. The van der Waals surface area contributed by atoms with Crippen LogP contribution in [0.15, 0.2) is 77.7 Å². The van der Waals surface area contributed by atoms with Crippen LogP contribution in [0.1, 0.15) is 18.1 Å². The number of hydrogen-bond acceptors (Lipinski definition) is 5. The largest absolute Gasteiger partial charge is 0.495 e. The van der Waals surface area contributed by atoms with Crippen molar-refractivity contribution in [3.8, 4) is 5.75 Å². The van der Waals surface area contributed by atoms with Crippen molar-refractivity contribution in [2.75, 3.05) is 17.1 Å². The topological polar surface area (TPSA) is 84.5 Å². The summed E-state index contributed by atoms with van der Waals surface area (Å²) in [6.45, 7) is 3.72. The number of ether oxygens (including phenoxy) is 1. The molecule has 0 aliphatic heterocycles. The number of rotatable bonds is 9. The summed E-state index contributed by atoms with van der Waals surface area (Å²) in [5, 5.41) is 2.58. The summed E-state index contributed by atoms with van der Waals surface area (Å²) in [6.07, 6.45) is 0. The summed E-state index contributed by atoms with van der Waals surface area (Å²) < 4.78 is 33.4. The molecule has 1 amide bonds. The second-order valence-corrected chi connectivity index (χ2v) is 10.3. The standard InChI is InChI=1S/C24H26N2O4S2/c1-17-9-14-23(30-3)22(15-17)26-32(28,29)21-12-10-20(11-13-21)25-24(27)18(2)31-16-19-7-5-4-6-8-19/h4-15,18,26H,16H2,1-3H3,(H,25,27)/t18-/m0/s1. The Morgan fingerprint density at radius 3 is 2.38 bits per heavy atom. The Bertz CT molecular complexity index is 1160. The Morgan fingerprint density at radius 2 is 1.72 bits per heavy atom. The minimum atomic E-state index is -3.81. The Hall–Kier alpha value is -2.97. The highest BCUT2D eigenvalue weighted by Crippen LogP contribution is 2.28. The van der Waals surface area contributed by atoms with Crippen molar-refractivity contribution in [1.82, 2.24) is 0 Å². The number of thioether (sulfide) groups is 1. The van der Waals surface area contributed by atoms with Gasteiger partial charge in [0.25, 0.3) is 10.0 Å². The summed E-state index contributed by atoms with van der Waals surface area (Å²) in [5.41, 5.74) is 2.97. The maximum atomic E-state index is 12.8. The molecule has 3 aromatic carbocycles. The fourth-order valence-electron chi connectivity index (χ4n) is 2.94. The summed E-state index contributed by atoms with van der Waals surface area (Å²) in [4.78, 5) is 12.6. The molecule has 1 atom stereocenters. The van der Waals surface area contributed by atoms with Gasteiger partial charge < -0.3 is 10.1 Å². The number of anilines is 2. The van der Waals surface area contributed by atoms with Crippen LogP contribution < -0.4 is 14.8 Å². The molecule has 0 unspecified atom stereocenters. The quantitative estimate of drug-likeness (QED) is 0.456. The lowest BCUT2D eigenvalue weighted by molar-refractivity contribution is -0.115. The molecule has 3 rings (SSSR count). The number of aryl methyl sites for hydroxylation is 1. The third kappa shape index (κ3) is 6.27. The fourth-order valence-corrected chi connectivity index (χ4v) is 4.84. The highest BCUT2D eigenvalue weighted by atomic mass is 32.2. The van der Waals surface area contributed by atoms with Crippen molar-refractivity contribution < 1.29 is 17.9 Å². The Morgan fingerprint density at radius 1 is 1.03 bits per heavy atom. The molecule has 0 aromatic heterocycles. The van der Waals surface area contributed by atoms with Gasteiger partial charge >= 0.3 is 0 Å². The third-order valence-electron chi connectivity index (χ3n) is 4.74. The molecule has 0 saturated heterocycles. The first kappa shape index (κ1) is 23.7. The number of amides is 1. The van der Waals surface area contributed by atoms with E-state index in [2.05, 4.69) is 10.0 Å². The van der Waals surface area contributed by atoms with Crippen LogP contribution in [-0.4, -0.2) is 26.7 Å². The molecule has 0 radical (unpaired) electrons. The van der Waals surface area contributed by atoms with Crippen LogP contribution in [-0.2, 0) is 20.6 Å². The van der Waals surface area contributed by atoms with Gasteiger partial charge in [-0.1, -0.05) is 36.4 Å². The van der Waals surface area contributed by atoms with E-state index in [9.17, 15) is 13.2 Å². The zero-order valence-corrected chi connectivity index (χ0v) is 19.8. The molecular formula is C24H26N2O4S2. The van der Waals surface area contributed by atoms with E-state index in [-0.39, 0.29) is 16.1 Å². The number of nitrogens with one attached hydrogen (secondary N) is 2. The fraction of sp³-hybridized carbons (Fsp3) is 0.208. The van der Waals surface area contributed by atoms with Gasteiger partial charge in [0.05, 0.1) is 22.9 Å². The Kier molecular flexibility index (Phi) is 7.82. The first-order chi connectivity index (χ1) is 15.3. The Labute approximate surface area is 193 Å². The normalized spacial score (nSPS) is 12.1. The minimum Gasteiger partial charge on any atom is -0.495 e. The average molecular weight is 471 g/mol. The maximum absolute atomic E-state index is 12.8. The summed E-state index contributed by atoms with van der Waals surface area (Å²) >= 11 is 1.54. The molecule has 2 N–H and O–H groups in total. The number of methoxy groups -OCH3 is 1. The average Bonchev–Trinajstić information content (AvgIpc) is 2.78. The molecule has 0 fully saturated rings. The zero-order valence-electron chi connectivity index (χ0n) is 18.2. The summed E-state index contributed by atoms with van der Waals surface area (Å²) in [5.74, 6) is 1.04. The lowest BCUT2D eigenvalue weighted by Crippen LogP contribution is -2.22. The van der Waals surface area contributed by atoms with Crippen LogP contribution in [0.25, 0.3) is 0 Å². The van der Waals surface area contributed by atoms with Gasteiger partial charge in [0.15, 0.2) is 0 Å². The number of hydrogen-bond donors (Lipinski definition) is 2. The SMILES string of the molecule is COc1ccc(C)cc1NS(=O)(=O)c1ccc(NC(=O)[C@H](C)SCc2ccccc2)cc1. The Balaban J connectivity index is 1.62. The maximum Gasteiger partial charge on any atom is 0.262 e. The molecule has 168 valence electrons. The lowest BCUT2D eigenvalue weighted by atomic mass is 10.2. The second-order valence-electron chi connectivity index (χ2n) is 7.26. The first-order valence-corrected chi connectivity index (χ1v) is 12.6. The molecular weight excluding hydrogens is 444 g/mol. The van der Waals surface area contributed by atoms with Gasteiger partial charge in [0.2, 0.25) is 5.91 Å². The van der Waals surface area contributed by atoms with Crippen LogP contribution in [0.5, 0.6) is 5.75 Å². The van der Waals surface area contributed by atoms with Gasteiger partial charge in [-0.15, -0.1) is 11.8 Å². The first-order valence-electron chi connectivity index (χ1n) is 10.0. The van der Waals surface area contributed by atoms with E-state index in [4.69, 9.17) is 4.74 Å². The number of sulfonamides is 1. The second kappa shape index (κ2) is 10.6. The molecule has 0 aliphatic rings.